The number of ether oxygens (including phenoxy) is 2. The van der Waals surface area contributed by atoms with Crippen LogP contribution in [0.5, 0.6) is 5.75 Å². The van der Waals surface area contributed by atoms with Crippen LogP contribution in [0.15, 0.2) is 58.3 Å². The van der Waals surface area contributed by atoms with Crippen molar-refractivity contribution in [3.05, 3.63) is 75.3 Å². The van der Waals surface area contributed by atoms with Gasteiger partial charge >= 0.3 is 29.2 Å². The first-order valence-corrected chi connectivity index (χ1v) is 16.4. The molecule has 21 heteroatoms. The van der Waals surface area contributed by atoms with Crippen molar-refractivity contribution in [3.63, 3.8) is 0 Å². The number of hydrogen-bond acceptors (Lipinski definition) is 11. The highest BCUT2D eigenvalue weighted by atomic mass is 31.3. The van der Waals surface area contributed by atoms with E-state index in [1.807, 2.05) is 4.98 Å². The Bertz CT molecular complexity index is 1760. The van der Waals surface area contributed by atoms with Gasteiger partial charge in [-0.15, -0.1) is 0 Å². The maximum atomic E-state index is 15.2. The van der Waals surface area contributed by atoms with Crippen LogP contribution in [0.1, 0.15) is 12.6 Å². The molecule has 0 aliphatic carbocycles. The number of halogens is 1. The fraction of sp³-hybridized carbons (Fsp3) is 0.273. The number of aromatic amines is 1. The number of phosphoric ester groups is 1. The molecule has 2 unspecified atom stereocenters. The van der Waals surface area contributed by atoms with Gasteiger partial charge in [0.15, 0.2) is 0 Å². The molecule has 0 saturated carbocycles. The van der Waals surface area contributed by atoms with Crippen LogP contribution in [0.2, 0.25) is 0 Å². The normalized spacial score (nSPS) is 21.7. The van der Waals surface area contributed by atoms with Crippen molar-refractivity contribution in [1.29, 1.82) is 0 Å². The van der Waals surface area contributed by atoms with Crippen LogP contribution in [0.3, 0.4) is 0 Å². The van der Waals surface area contributed by atoms with Crippen LogP contribution < -0.4 is 16.0 Å². The molecule has 0 bridgehead atoms. The van der Waals surface area contributed by atoms with Crippen LogP contribution in [0, 0.1) is 5.82 Å². The lowest BCUT2D eigenvalue weighted by atomic mass is 10.0. The zero-order valence-electron chi connectivity index (χ0n) is 21.8. The van der Waals surface area contributed by atoms with Gasteiger partial charge in [-0.3, -0.25) is 18.9 Å². The van der Waals surface area contributed by atoms with Crippen molar-refractivity contribution >= 4 is 23.5 Å². The van der Waals surface area contributed by atoms with Crippen LogP contribution in [-0.2, 0) is 31.6 Å². The molecule has 234 valence electrons. The Morgan fingerprint density at radius 2 is 1.63 bits per heavy atom. The highest BCUT2D eigenvalue weighted by Gasteiger charge is 2.43. The third-order valence-corrected chi connectivity index (χ3v) is 9.79. The quantitative estimate of drug-likeness (QED) is 0.160. The van der Waals surface area contributed by atoms with Crippen LogP contribution >= 0.6 is 23.5 Å². The molecular weight excluding hydrogens is 644 g/mol. The first-order chi connectivity index (χ1) is 20.0. The lowest BCUT2D eigenvalue weighted by Gasteiger charge is -2.19. The first-order valence-electron chi connectivity index (χ1n) is 11.9. The average molecular weight is 668 g/mol. The van der Waals surface area contributed by atoms with E-state index in [2.05, 4.69) is 13.1 Å². The molecule has 0 amide bonds. The molecule has 2 aromatic carbocycles. The summed E-state index contributed by atoms with van der Waals surface area (Å²) < 4.78 is 72.5. The number of benzene rings is 2. The number of phosphoric acid groups is 3. The Morgan fingerprint density at radius 1 is 0.977 bits per heavy atom. The zero-order valence-corrected chi connectivity index (χ0v) is 24.4. The largest absolute Gasteiger partial charge is 0.497 e. The fourth-order valence-electron chi connectivity index (χ4n) is 4.09. The van der Waals surface area contributed by atoms with Crippen LogP contribution in [-0.4, -0.2) is 60.2 Å². The molecule has 3 aromatic rings. The number of H-pyrrole nitrogens is 1. The van der Waals surface area contributed by atoms with E-state index in [9.17, 15) is 38.2 Å². The Balaban J connectivity index is 1.51. The molecule has 17 nitrogen and oxygen atoms in total. The van der Waals surface area contributed by atoms with Gasteiger partial charge in [-0.2, -0.15) is 8.62 Å². The maximum Gasteiger partial charge on any atom is 0.490 e. The van der Waals surface area contributed by atoms with E-state index in [0.29, 0.717) is 16.9 Å². The monoisotopic (exact) mass is 668 g/mol. The summed E-state index contributed by atoms with van der Waals surface area (Å²) in [6.07, 6.45) is -3.52. The van der Waals surface area contributed by atoms with Gasteiger partial charge < -0.3 is 34.2 Å². The molecule has 1 aliphatic heterocycles. The van der Waals surface area contributed by atoms with Gasteiger partial charge in [-0.25, -0.2) is 22.9 Å². The summed E-state index contributed by atoms with van der Waals surface area (Å²) in [6, 6.07) is 10.9. The molecule has 0 spiro atoms. The topological polar surface area (TPSA) is 253 Å². The number of aliphatic hydroxyl groups excluding tert-OH is 1. The van der Waals surface area contributed by atoms with E-state index in [4.69, 9.17) is 19.3 Å². The molecule has 2 heterocycles. The molecule has 6 N–H and O–H groups in total. The Labute approximate surface area is 240 Å². The highest BCUT2D eigenvalue weighted by molar-refractivity contribution is 7.66. The molecule has 1 aliphatic rings. The van der Waals surface area contributed by atoms with E-state index in [0.717, 1.165) is 10.8 Å². The van der Waals surface area contributed by atoms with Gasteiger partial charge in [0.1, 0.15) is 23.9 Å². The lowest BCUT2D eigenvalue weighted by molar-refractivity contribution is -0.0449. The SMILES string of the molecule is COc1ccc(-c2ccc(-c3cn([C@H]4C[C@H](O)[C@@H](COP(=O)(O)OP(=O)(O)OP(=O)(O)O)O4)c(=O)[nH]c3=O)c(F)c2)cc1. The number of methoxy groups -OCH3 is 1. The van der Waals surface area contributed by atoms with Gasteiger partial charge in [0.05, 0.1) is 25.4 Å². The number of nitrogens with one attached hydrogen (secondary N) is 1. The fourth-order valence-corrected chi connectivity index (χ4v) is 7.12. The Hall–Kier alpha value is -2.82. The molecule has 0 radical (unpaired) electrons. The summed E-state index contributed by atoms with van der Waals surface area (Å²) in [5.41, 5.74) is -1.16. The predicted molar refractivity (Wildman–Crippen MR) is 143 cm³/mol. The Morgan fingerprint density at radius 3 is 2.23 bits per heavy atom. The average Bonchev–Trinajstić information content (AvgIpc) is 3.26. The maximum absolute atomic E-state index is 15.2. The summed E-state index contributed by atoms with van der Waals surface area (Å²) in [5, 5.41) is 10.3. The number of aromatic nitrogens is 2. The summed E-state index contributed by atoms with van der Waals surface area (Å²) in [7, 11) is -15.4. The van der Waals surface area contributed by atoms with Crippen molar-refractivity contribution in [3.8, 4) is 28.0 Å². The third-order valence-electron chi connectivity index (χ3n) is 5.98. The molecular formula is C22H24FN2O15P3. The van der Waals surface area contributed by atoms with Crippen molar-refractivity contribution in [2.45, 2.75) is 24.9 Å². The van der Waals surface area contributed by atoms with E-state index in [1.165, 1.54) is 19.2 Å². The van der Waals surface area contributed by atoms with Crippen molar-refractivity contribution in [1.82, 2.24) is 9.55 Å². The smallest absolute Gasteiger partial charge is 0.490 e. The second kappa shape index (κ2) is 12.7. The Kier molecular flexibility index (Phi) is 9.74. The number of nitrogens with zero attached hydrogens (tertiary/aromatic N) is 1. The van der Waals surface area contributed by atoms with Gasteiger partial charge in [0.25, 0.3) is 5.56 Å². The third kappa shape index (κ3) is 8.42. The number of aliphatic hydroxyl groups is 1. The molecule has 5 atom stereocenters. The molecule has 4 rings (SSSR count). The second-order valence-electron chi connectivity index (χ2n) is 8.95. The van der Waals surface area contributed by atoms with Gasteiger partial charge in [0.2, 0.25) is 0 Å². The molecule has 1 fully saturated rings. The first kappa shape index (κ1) is 33.1. The van der Waals surface area contributed by atoms with E-state index < -0.39 is 65.6 Å². The second-order valence-corrected chi connectivity index (χ2v) is 13.4. The highest BCUT2D eigenvalue weighted by Crippen LogP contribution is 2.66. The van der Waals surface area contributed by atoms with Gasteiger partial charge in [-0.1, -0.05) is 24.3 Å². The van der Waals surface area contributed by atoms with Crippen molar-refractivity contribution < 1.29 is 65.4 Å². The molecule has 43 heavy (non-hydrogen) atoms. The predicted octanol–water partition coefficient (Wildman–Crippen LogP) is 2.01. The molecule has 1 aromatic heterocycles. The minimum atomic E-state index is -5.77. The zero-order chi connectivity index (χ0) is 31.7. The number of hydrogen-bond donors (Lipinski definition) is 6. The van der Waals surface area contributed by atoms with Crippen molar-refractivity contribution in [2.75, 3.05) is 13.7 Å². The minimum absolute atomic E-state index is 0.157. The summed E-state index contributed by atoms with van der Waals surface area (Å²) in [5.74, 6) is -0.185. The summed E-state index contributed by atoms with van der Waals surface area (Å²) in [4.78, 5) is 63.2. The van der Waals surface area contributed by atoms with Crippen molar-refractivity contribution in [2.24, 2.45) is 0 Å². The summed E-state index contributed by atoms with van der Waals surface area (Å²) >= 11 is 0. The van der Waals surface area contributed by atoms with E-state index in [-0.39, 0.29) is 17.5 Å². The van der Waals surface area contributed by atoms with Crippen LogP contribution in [0.25, 0.3) is 22.3 Å². The van der Waals surface area contributed by atoms with Gasteiger partial charge in [0, 0.05) is 18.2 Å². The van der Waals surface area contributed by atoms with E-state index in [1.54, 1.807) is 30.3 Å². The minimum Gasteiger partial charge on any atom is -0.497 e. The van der Waals surface area contributed by atoms with Gasteiger partial charge in [-0.05, 0) is 29.3 Å². The number of rotatable bonds is 11. The standard InChI is InChI=1S/C22H24FN2O15P3/c1-36-14-5-2-12(3-6-14)13-4-7-15(17(23)8-13)16-10-25(22(28)24-21(16)27)20-9-18(26)19(38-20)11-37-42(32,33)40-43(34,35)39-41(29,30)31/h2-8,10,18-20,26H,9,11H2,1H3,(H,32,33)(H,34,35)(H,24,27,28)(H2,29,30,31)/t18-,19+,20+/m0/s1. The van der Waals surface area contributed by atoms with Crippen LogP contribution in [0.4, 0.5) is 4.39 Å². The summed E-state index contributed by atoms with van der Waals surface area (Å²) in [6.45, 7) is -0.978. The molecule has 1 saturated heterocycles. The lowest BCUT2D eigenvalue weighted by Crippen LogP contribution is -2.33. The van der Waals surface area contributed by atoms with E-state index >= 15 is 4.39 Å².